The molecule has 0 heterocycles. The van der Waals surface area contributed by atoms with Crippen LogP contribution < -0.4 is 10.4 Å². The third-order valence-corrected chi connectivity index (χ3v) is 12.3. The summed E-state index contributed by atoms with van der Waals surface area (Å²) in [6.07, 6.45) is -0.599. The zero-order chi connectivity index (χ0) is 23.7. The molecule has 0 aliphatic rings. The van der Waals surface area contributed by atoms with Gasteiger partial charge < -0.3 is 14.6 Å². The molecule has 0 amide bonds. The first-order valence-corrected chi connectivity index (χ1v) is 13.7. The van der Waals surface area contributed by atoms with Gasteiger partial charge in [-0.3, -0.25) is 0 Å². The SMILES string of the molecule is CC(C)([ClH+])[Si](COCCC(O)C(=O)OCc1ccccc1)(c1ccccc1)c1ccccc1. The quantitative estimate of drug-likeness (QED) is 0.197. The van der Waals surface area contributed by atoms with Gasteiger partial charge in [0.25, 0.3) is 0 Å². The Morgan fingerprint density at radius 3 is 1.88 bits per heavy atom. The molecule has 0 bridgehead atoms. The number of hydrogen-bond donors (Lipinski definition) is 1. The van der Waals surface area contributed by atoms with Crippen molar-refractivity contribution in [1.82, 2.24) is 0 Å². The zero-order valence-corrected chi connectivity index (χ0v) is 21.0. The normalized spacial score (nSPS) is 12.8. The maximum atomic E-state index is 12.2. The van der Waals surface area contributed by atoms with Gasteiger partial charge >= 0.3 is 5.97 Å². The molecule has 0 spiro atoms. The van der Waals surface area contributed by atoms with E-state index in [1.54, 1.807) is 0 Å². The number of aliphatic hydroxyl groups excluding tert-OH is 1. The van der Waals surface area contributed by atoms with Gasteiger partial charge in [0.2, 0.25) is 8.07 Å². The van der Waals surface area contributed by atoms with Gasteiger partial charge in [-0.15, -0.1) is 0 Å². The van der Waals surface area contributed by atoms with Crippen LogP contribution in [-0.4, -0.2) is 42.6 Å². The Morgan fingerprint density at radius 2 is 1.39 bits per heavy atom. The van der Waals surface area contributed by atoms with Crippen LogP contribution in [0.15, 0.2) is 91.0 Å². The number of benzene rings is 3. The van der Waals surface area contributed by atoms with Gasteiger partial charge in [-0.1, -0.05) is 91.0 Å². The van der Waals surface area contributed by atoms with E-state index in [-0.39, 0.29) is 19.6 Å². The molecule has 0 aromatic heterocycles. The lowest BCUT2D eigenvalue weighted by Crippen LogP contribution is -2.73. The van der Waals surface area contributed by atoms with Crippen molar-refractivity contribution in [3.8, 4) is 0 Å². The predicted octanol–water partition coefficient (Wildman–Crippen LogP) is 2.90. The van der Waals surface area contributed by atoms with Crippen LogP contribution in [0.2, 0.25) is 0 Å². The fourth-order valence-electron chi connectivity index (χ4n) is 4.01. The Balaban J connectivity index is 1.66. The molecule has 6 heteroatoms. The Bertz CT molecular complexity index is 951. The van der Waals surface area contributed by atoms with Crippen LogP contribution in [0.4, 0.5) is 0 Å². The second-order valence-electron chi connectivity index (χ2n) is 8.60. The molecule has 1 unspecified atom stereocenters. The van der Waals surface area contributed by atoms with Crippen LogP contribution in [0.25, 0.3) is 0 Å². The first-order chi connectivity index (χ1) is 15.8. The van der Waals surface area contributed by atoms with E-state index in [0.29, 0.717) is 6.23 Å². The van der Waals surface area contributed by atoms with Gasteiger partial charge in [0, 0.05) is 13.0 Å². The molecule has 3 aromatic rings. The minimum absolute atomic E-state index is 0.139. The third-order valence-electron chi connectivity index (χ3n) is 5.91. The lowest BCUT2D eigenvalue weighted by Gasteiger charge is -2.36. The van der Waals surface area contributed by atoms with Gasteiger partial charge in [0.1, 0.15) is 18.2 Å². The number of esters is 1. The van der Waals surface area contributed by atoms with Crippen molar-refractivity contribution in [1.29, 1.82) is 0 Å². The summed E-state index contributed by atoms with van der Waals surface area (Å²) in [5, 5.41) is 12.7. The van der Waals surface area contributed by atoms with Crippen LogP contribution >= 0.6 is 0 Å². The number of aliphatic hydroxyl groups is 1. The summed E-state index contributed by atoms with van der Waals surface area (Å²) < 4.78 is 10.9. The van der Waals surface area contributed by atoms with Gasteiger partial charge in [0.15, 0.2) is 10.6 Å². The Kier molecular flexibility index (Phi) is 8.86. The summed E-state index contributed by atoms with van der Waals surface area (Å²) >= 11 is 6.06. The number of alkyl halides is 1. The summed E-state index contributed by atoms with van der Waals surface area (Å²) in [5.74, 6) is -0.638. The van der Waals surface area contributed by atoms with Gasteiger partial charge in [-0.25, -0.2) is 4.79 Å². The summed E-state index contributed by atoms with van der Waals surface area (Å²) in [6.45, 7) is 4.56. The fraction of sp³-hybridized carbons (Fsp3) is 0.296. The molecule has 33 heavy (non-hydrogen) atoms. The van der Waals surface area contributed by atoms with Gasteiger partial charge in [-0.05, 0) is 29.8 Å². The lowest BCUT2D eigenvalue weighted by molar-refractivity contribution is -0.435. The standard InChI is InChI=1S/C27H32ClO4Si/c1-27(2,28)33(23-14-8-4-9-15-23,24-16-10-5-11-17-24)21-31-19-18-25(29)26(30)32-20-22-12-6-3-7-13-22/h3-17,25,28-29H,18-21H2,1-2H3/q+1. The van der Waals surface area contributed by atoms with E-state index < -0.39 is 24.6 Å². The van der Waals surface area contributed by atoms with E-state index in [2.05, 4.69) is 38.1 Å². The Morgan fingerprint density at radius 1 is 0.909 bits per heavy atom. The van der Waals surface area contributed by atoms with Crippen molar-refractivity contribution in [2.24, 2.45) is 0 Å². The van der Waals surface area contributed by atoms with Crippen molar-refractivity contribution in [2.45, 2.75) is 37.5 Å². The summed E-state index contributed by atoms with van der Waals surface area (Å²) in [4.78, 5) is 12.2. The minimum Gasteiger partial charge on any atom is -0.459 e. The first-order valence-electron chi connectivity index (χ1n) is 11.1. The smallest absolute Gasteiger partial charge is 0.335 e. The van der Waals surface area contributed by atoms with Crippen molar-refractivity contribution >= 4 is 24.4 Å². The molecule has 4 nitrogen and oxygen atoms in total. The van der Waals surface area contributed by atoms with E-state index in [0.717, 1.165) is 5.56 Å². The van der Waals surface area contributed by atoms with Crippen LogP contribution in [0.5, 0.6) is 0 Å². The highest BCUT2D eigenvalue weighted by Gasteiger charge is 2.56. The van der Waals surface area contributed by atoms with Crippen molar-refractivity contribution < 1.29 is 31.0 Å². The molecule has 0 fully saturated rings. The second kappa shape index (κ2) is 11.6. The zero-order valence-electron chi connectivity index (χ0n) is 19.1. The summed E-state index contributed by atoms with van der Waals surface area (Å²) in [5.41, 5.74) is 0.878. The summed E-state index contributed by atoms with van der Waals surface area (Å²) in [6, 6.07) is 30.1. The highest BCUT2D eigenvalue weighted by molar-refractivity contribution is 7.04. The molecule has 3 aromatic carbocycles. The number of carbonyl (C=O) groups excluding carboxylic acids is 1. The molecule has 174 valence electrons. The van der Waals surface area contributed by atoms with Gasteiger partial charge in [-0.2, -0.15) is 0 Å². The number of hydrogen-bond acceptors (Lipinski definition) is 4. The average molecular weight is 484 g/mol. The molecule has 0 saturated heterocycles. The fourth-order valence-corrected chi connectivity index (χ4v) is 9.27. The van der Waals surface area contributed by atoms with E-state index in [1.807, 2.05) is 66.7 Å². The van der Waals surface area contributed by atoms with E-state index >= 15 is 0 Å². The van der Waals surface area contributed by atoms with Crippen molar-refractivity contribution in [2.75, 3.05) is 12.8 Å². The highest BCUT2D eigenvalue weighted by Crippen LogP contribution is 2.23. The van der Waals surface area contributed by atoms with Crippen molar-refractivity contribution in [3.63, 3.8) is 0 Å². The highest BCUT2D eigenvalue weighted by atomic mass is 35.5. The van der Waals surface area contributed by atoms with Crippen LogP contribution in [0.1, 0.15) is 25.8 Å². The molecule has 3 rings (SSSR count). The summed E-state index contributed by atoms with van der Waals surface area (Å²) in [7, 11) is -2.51. The molecule has 1 N–H and O–H groups in total. The molecule has 0 saturated carbocycles. The first kappa shape index (κ1) is 25.2. The third kappa shape index (κ3) is 6.33. The minimum atomic E-state index is -2.51. The number of carbonyl (C=O) groups is 1. The van der Waals surface area contributed by atoms with Crippen LogP contribution in [0.3, 0.4) is 0 Å². The Hall–Kier alpha value is -2.44. The van der Waals surface area contributed by atoms with E-state index in [9.17, 15) is 9.90 Å². The monoisotopic (exact) mass is 483 g/mol. The maximum Gasteiger partial charge on any atom is 0.335 e. The molecule has 0 aliphatic heterocycles. The van der Waals surface area contributed by atoms with E-state index in [1.165, 1.54) is 10.4 Å². The molecular formula is C27H32ClO4Si+. The molecule has 0 aliphatic carbocycles. The molecule has 1 atom stereocenters. The van der Waals surface area contributed by atoms with Crippen LogP contribution in [-0.2, 0) is 20.9 Å². The number of halogens is 1. The van der Waals surface area contributed by atoms with E-state index in [4.69, 9.17) is 21.1 Å². The predicted molar refractivity (Wildman–Crippen MR) is 131 cm³/mol. The van der Waals surface area contributed by atoms with Crippen molar-refractivity contribution in [3.05, 3.63) is 96.6 Å². The average Bonchev–Trinajstić information content (AvgIpc) is 2.83. The topological polar surface area (TPSA) is 55.8 Å². The largest absolute Gasteiger partial charge is 0.459 e. The number of rotatable bonds is 11. The molecular weight excluding hydrogens is 452 g/mol. The van der Waals surface area contributed by atoms with Gasteiger partial charge in [0.05, 0.1) is 6.23 Å². The van der Waals surface area contributed by atoms with Crippen LogP contribution in [0, 0.1) is 11.6 Å². The molecule has 0 radical (unpaired) electrons. The second-order valence-corrected chi connectivity index (χ2v) is 14.5. The maximum absolute atomic E-state index is 12.2. The number of ether oxygens (including phenoxy) is 2. The lowest BCUT2D eigenvalue weighted by atomic mass is 10.2. The Labute approximate surface area is 202 Å².